The molecule has 0 fully saturated rings. The number of anilines is 1. The van der Waals surface area contributed by atoms with Gasteiger partial charge in [-0.15, -0.1) is 11.3 Å². The number of rotatable bonds is 7. The average Bonchev–Trinajstić information content (AvgIpc) is 3.13. The van der Waals surface area contributed by atoms with Gasteiger partial charge in [0.15, 0.2) is 16.6 Å². The lowest BCUT2D eigenvalue weighted by molar-refractivity contribution is 0.284. The zero-order valence-electron chi connectivity index (χ0n) is 13.5. The monoisotopic (exact) mass is 394 g/mol. The van der Waals surface area contributed by atoms with Crippen LogP contribution in [0.3, 0.4) is 0 Å². The van der Waals surface area contributed by atoms with E-state index in [9.17, 15) is 0 Å². The second kappa shape index (κ2) is 8.43. The molecule has 4 nitrogen and oxygen atoms in total. The number of hydrogen-bond acceptors (Lipinski definition) is 5. The summed E-state index contributed by atoms with van der Waals surface area (Å²) in [5, 5.41) is 7.26. The third kappa shape index (κ3) is 4.78. The molecule has 3 aromatic rings. The van der Waals surface area contributed by atoms with E-state index in [0.717, 1.165) is 16.3 Å². The average molecular weight is 395 g/mol. The van der Waals surface area contributed by atoms with Crippen molar-refractivity contribution in [1.29, 1.82) is 0 Å². The van der Waals surface area contributed by atoms with Gasteiger partial charge in [-0.3, -0.25) is 0 Å². The summed E-state index contributed by atoms with van der Waals surface area (Å²) in [5.74, 6) is 1.33. The largest absolute Gasteiger partial charge is 0.493 e. The molecule has 0 aliphatic carbocycles. The highest BCUT2D eigenvalue weighted by atomic mass is 35.5. The van der Waals surface area contributed by atoms with Crippen molar-refractivity contribution in [3.63, 3.8) is 0 Å². The summed E-state index contributed by atoms with van der Waals surface area (Å²) in [6.45, 7) is 0.996. The van der Waals surface area contributed by atoms with Gasteiger partial charge in [0.25, 0.3) is 0 Å². The van der Waals surface area contributed by atoms with Crippen molar-refractivity contribution in [2.45, 2.75) is 13.2 Å². The van der Waals surface area contributed by atoms with E-state index in [1.165, 1.54) is 0 Å². The van der Waals surface area contributed by atoms with Gasteiger partial charge in [0, 0.05) is 33.7 Å². The Morgan fingerprint density at radius 1 is 1.12 bits per heavy atom. The van der Waals surface area contributed by atoms with Gasteiger partial charge in [-0.25, -0.2) is 4.98 Å². The molecule has 0 spiro atoms. The van der Waals surface area contributed by atoms with Crippen LogP contribution in [0.5, 0.6) is 11.5 Å². The van der Waals surface area contributed by atoms with Crippen molar-refractivity contribution < 1.29 is 9.47 Å². The molecule has 1 aromatic heterocycles. The van der Waals surface area contributed by atoms with Crippen molar-refractivity contribution in [3.05, 3.63) is 69.1 Å². The van der Waals surface area contributed by atoms with Gasteiger partial charge in [-0.1, -0.05) is 35.3 Å². The standard InChI is InChI=1S/C18H16Cl2N2O2S/c1-23-17-8-12(10-22-18-21-6-7-25-18)2-5-16(17)24-11-13-3-4-14(19)9-15(13)20/h2-9H,10-11H2,1H3,(H,21,22). The first-order chi connectivity index (χ1) is 12.2. The summed E-state index contributed by atoms with van der Waals surface area (Å²) < 4.78 is 11.3. The van der Waals surface area contributed by atoms with Crippen LogP contribution in [-0.4, -0.2) is 12.1 Å². The number of nitrogens with one attached hydrogen (secondary N) is 1. The fourth-order valence-corrected chi connectivity index (χ4v) is 3.21. The van der Waals surface area contributed by atoms with Crippen LogP contribution in [0, 0.1) is 0 Å². The first-order valence-corrected chi connectivity index (χ1v) is 9.16. The van der Waals surface area contributed by atoms with Gasteiger partial charge in [0.05, 0.1) is 7.11 Å². The van der Waals surface area contributed by atoms with Gasteiger partial charge in [-0.05, 0) is 29.8 Å². The Balaban J connectivity index is 1.66. The summed E-state index contributed by atoms with van der Waals surface area (Å²) in [4.78, 5) is 4.20. The van der Waals surface area contributed by atoms with Gasteiger partial charge in [-0.2, -0.15) is 0 Å². The van der Waals surface area contributed by atoms with Gasteiger partial charge >= 0.3 is 0 Å². The van der Waals surface area contributed by atoms with E-state index in [2.05, 4.69) is 10.3 Å². The predicted molar refractivity (Wildman–Crippen MR) is 103 cm³/mol. The molecule has 0 saturated carbocycles. The second-order valence-corrected chi connectivity index (χ2v) is 6.94. The Morgan fingerprint density at radius 3 is 2.72 bits per heavy atom. The van der Waals surface area contributed by atoms with Crippen LogP contribution in [0.4, 0.5) is 5.13 Å². The fraction of sp³-hybridized carbons (Fsp3) is 0.167. The normalized spacial score (nSPS) is 10.5. The summed E-state index contributed by atoms with van der Waals surface area (Å²) in [7, 11) is 1.62. The van der Waals surface area contributed by atoms with E-state index in [-0.39, 0.29) is 0 Å². The number of aromatic nitrogens is 1. The molecular formula is C18H16Cl2N2O2S. The minimum absolute atomic E-state index is 0.336. The molecule has 0 saturated heterocycles. The number of nitrogens with zero attached hydrogens (tertiary/aromatic N) is 1. The number of thiazole rings is 1. The maximum absolute atomic E-state index is 6.18. The lowest BCUT2D eigenvalue weighted by atomic mass is 10.2. The first-order valence-electron chi connectivity index (χ1n) is 7.52. The molecule has 0 atom stereocenters. The SMILES string of the molecule is COc1cc(CNc2nccs2)ccc1OCc1ccc(Cl)cc1Cl. The predicted octanol–water partition coefficient (Wildman–Crippen LogP) is 5.65. The second-order valence-electron chi connectivity index (χ2n) is 5.20. The molecule has 1 heterocycles. The molecule has 7 heteroatoms. The number of halogens is 2. The minimum atomic E-state index is 0.336. The molecule has 2 aromatic carbocycles. The third-order valence-electron chi connectivity index (χ3n) is 3.50. The lowest BCUT2D eigenvalue weighted by Crippen LogP contribution is -2.02. The van der Waals surface area contributed by atoms with Crippen LogP contribution in [0.2, 0.25) is 10.0 Å². The number of methoxy groups -OCH3 is 1. The van der Waals surface area contributed by atoms with Crippen LogP contribution >= 0.6 is 34.5 Å². The van der Waals surface area contributed by atoms with E-state index < -0.39 is 0 Å². The van der Waals surface area contributed by atoms with Crippen molar-refractivity contribution in [1.82, 2.24) is 4.98 Å². The van der Waals surface area contributed by atoms with E-state index >= 15 is 0 Å². The zero-order chi connectivity index (χ0) is 17.6. The smallest absolute Gasteiger partial charge is 0.182 e. The maximum atomic E-state index is 6.18. The number of benzene rings is 2. The molecule has 0 aliphatic rings. The Labute approximate surface area is 160 Å². The Hall–Kier alpha value is -1.95. The maximum Gasteiger partial charge on any atom is 0.182 e. The van der Waals surface area contributed by atoms with Crippen molar-refractivity contribution in [2.24, 2.45) is 0 Å². The Bertz CT molecular complexity index is 841. The molecule has 1 N–H and O–H groups in total. The highest BCUT2D eigenvalue weighted by molar-refractivity contribution is 7.13. The van der Waals surface area contributed by atoms with E-state index in [4.69, 9.17) is 32.7 Å². The lowest BCUT2D eigenvalue weighted by Gasteiger charge is -2.13. The van der Waals surface area contributed by atoms with E-state index in [0.29, 0.717) is 34.7 Å². The fourth-order valence-electron chi connectivity index (χ4n) is 2.22. The van der Waals surface area contributed by atoms with Crippen molar-refractivity contribution in [2.75, 3.05) is 12.4 Å². The molecule has 130 valence electrons. The molecule has 0 unspecified atom stereocenters. The molecular weight excluding hydrogens is 379 g/mol. The summed E-state index contributed by atoms with van der Waals surface area (Å²) in [6.07, 6.45) is 1.77. The quantitative estimate of drug-likeness (QED) is 0.562. The zero-order valence-corrected chi connectivity index (χ0v) is 15.8. The number of ether oxygens (including phenoxy) is 2. The van der Waals surface area contributed by atoms with Crippen LogP contribution < -0.4 is 14.8 Å². The van der Waals surface area contributed by atoms with E-state index in [1.807, 2.05) is 29.6 Å². The molecule has 0 bridgehead atoms. The van der Waals surface area contributed by atoms with Gasteiger partial charge in [0.2, 0.25) is 0 Å². The van der Waals surface area contributed by atoms with Crippen LogP contribution in [0.25, 0.3) is 0 Å². The van der Waals surface area contributed by atoms with Crippen LogP contribution in [-0.2, 0) is 13.2 Å². The number of hydrogen-bond donors (Lipinski definition) is 1. The highest BCUT2D eigenvalue weighted by Gasteiger charge is 2.08. The van der Waals surface area contributed by atoms with Gasteiger partial charge < -0.3 is 14.8 Å². The molecule has 3 rings (SSSR count). The Kier molecular flexibility index (Phi) is 6.02. The topological polar surface area (TPSA) is 43.4 Å². The molecule has 0 aliphatic heterocycles. The van der Waals surface area contributed by atoms with Gasteiger partial charge in [0.1, 0.15) is 6.61 Å². The Morgan fingerprint density at radius 2 is 2.00 bits per heavy atom. The van der Waals surface area contributed by atoms with Crippen LogP contribution in [0.1, 0.15) is 11.1 Å². The van der Waals surface area contributed by atoms with Crippen LogP contribution in [0.15, 0.2) is 48.0 Å². The summed E-state index contributed by atoms with van der Waals surface area (Å²) >= 11 is 13.7. The summed E-state index contributed by atoms with van der Waals surface area (Å²) in [6, 6.07) is 11.2. The van der Waals surface area contributed by atoms with Crippen molar-refractivity contribution in [3.8, 4) is 11.5 Å². The van der Waals surface area contributed by atoms with E-state index in [1.54, 1.807) is 36.8 Å². The third-order valence-corrected chi connectivity index (χ3v) is 4.82. The molecule has 0 radical (unpaired) electrons. The molecule has 25 heavy (non-hydrogen) atoms. The highest BCUT2D eigenvalue weighted by Crippen LogP contribution is 2.30. The minimum Gasteiger partial charge on any atom is -0.493 e. The summed E-state index contributed by atoms with van der Waals surface area (Å²) in [5.41, 5.74) is 1.94. The van der Waals surface area contributed by atoms with Crippen molar-refractivity contribution >= 4 is 39.7 Å². The molecule has 0 amide bonds. The first kappa shape index (κ1) is 17.9.